The highest BCUT2D eigenvalue weighted by Gasteiger charge is 2.31. The monoisotopic (exact) mass is 541 g/mol. The van der Waals surface area contributed by atoms with Crippen molar-refractivity contribution in [2.45, 2.75) is 57.0 Å². The lowest BCUT2D eigenvalue weighted by atomic mass is 9.98. The van der Waals surface area contributed by atoms with Crippen molar-refractivity contribution >= 4 is 36.5 Å². The summed E-state index contributed by atoms with van der Waals surface area (Å²) >= 11 is 4.03. The molecule has 0 radical (unpaired) electrons. The van der Waals surface area contributed by atoms with Crippen LogP contribution in [0.2, 0.25) is 0 Å². The molecule has 3 amide bonds. The number of carboxylic acids is 1. The Labute approximate surface area is 228 Å². The van der Waals surface area contributed by atoms with Crippen LogP contribution < -0.4 is 11.1 Å². The highest BCUT2D eigenvalue weighted by atomic mass is 32.1. The second kappa shape index (κ2) is 13.9. The van der Waals surface area contributed by atoms with Gasteiger partial charge in [-0.3, -0.25) is 9.59 Å². The lowest BCUT2D eigenvalue weighted by Crippen LogP contribution is -2.45. The fourth-order valence-corrected chi connectivity index (χ4v) is 5.15. The first-order valence-electron chi connectivity index (χ1n) is 12.8. The van der Waals surface area contributed by atoms with E-state index >= 15 is 0 Å². The minimum absolute atomic E-state index is 0.0329. The maximum atomic E-state index is 12.0. The van der Waals surface area contributed by atoms with Crippen molar-refractivity contribution in [3.63, 3.8) is 0 Å². The molecule has 1 aliphatic heterocycles. The molecule has 204 valence electrons. The van der Waals surface area contributed by atoms with Crippen LogP contribution >= 0.6 is 12.6 Å². The van der Waals surface area contributed by atoms with E-state index in [1.807, 2.05) is 43.3 Å². The number of ether oxygens (including phenoxy) is 1. The van der Waals surface area contributed by atoms with Crippen LogP contribution in [0.1, 0.15) is 56.1 Å². The summed E-state index contributed by atoms with van der Waals surface area (Å²) in [6, 6.07) is 14.8. The zero-order valence-electron chi connectivity index (χ0n) is 21.5. The van der Waals surface area contributed by atoms with Crippen molar-refractivity contribution in [2.75, 3.05) is 18.9 Å². The molecule has 1 heterocycles. The van der Waals surface area contributed by atoms with Gasteiger partial charge in [0.15, 0.2) is 0 Å². The third kappa shape index (κ3) is 7.06. The molecule has 2 aliphatic rings. The van der Waals surface area contributed by atoms with Gasteiger partial charge in [0.1, 0.15) is 18.7 Å². The van der Waals surface area contributed by atoms with Crippen LogP contribution in [0, 0.1) is 0 Å². The smallest absolute Gasteiger partial charge is 0.407 e. The summed E-state index contributed by atoms with van der Waals surface area (Å²) in [6.07, 6.45) is 2.26. The van der Waals surface area contributed by atoms with E-state index in [4.69, 9.17) is 15.6 Å². The first kappa shape index (κ1) is 29.0. The molecule has 1 fully saturated rings. The number of alkyl carbamates (subject to hydrolysis) is 1. The van der Waals surface area contributed by atoms with E-state index in [1.165, 1.54) is 0 Å². The Hall–Kier alpha value is -3.53. The topological polar surface area (TPSA) is 139 Å². The fourth-order valence-electron chi connectivity index (χ4n) is 4.90. The van der Waals surface area contributed by atoms with Crippen molar-refractivity contribution in [1.82, 2.24) is 10.2 Å². The lowest BCUT2D eigenvalue weighted by Gasteiger charge is -2.24. The third-order valence-electron chi connectivity index (χ3n) is 6.73. The lowest BCUT2D eigenvalue weighted by molar-refractivity contribution is -0.139. The minimum atomic E-state index is -1.05. The van der Waals surface area contributed by atoms with E-state index in [0.717, 1.165) is 28.7 Å². The van der Waals surface area contributed by atoms with Crippen molar-refractivity contribution in [1.29, 1.82) is 0 Å². The molecule has 0 bridgehead atoms. The third-order valence-corrected chi connectivity index (χ3v) is 6.99. The number of carboxylic acid groups (broad SMARTS) is 1. The van der Waals surface area contributed by atoms with Crippen LogP contribution in [0.25, 0.3) is 11.1 Å². The first-order valence-corrected chi connectivity index (χ1v) is 13.5. The highest BCUT2D eigenvalue weighted by Crippen LogP contribution is 2.44. The van der Waals surface area contributed by atoms with Gasteiger partial charge in [0.25, 0.3) is 0 Å². The highest BCUT2D eigenvalue weighted by molar-refractivity contribution is 7.80. The SMILES string of the molecule is CCC[C@@H](NC(=O)OCC1c2ccccc2-c2ccccc21)C(=O)O.NC(=O)[C@@H](CCS)N1CCCC1=O. The second-order valence-electron chi connectivity index (χ2n) is 9.27. The molecule has 2 atom stereocenters. The van der Waals surface area contributed by atoms with Gasteiger partial charge in [-0.1, -0.05) is 61.9 Å². The Bertz CT molecular complexity index is 1110. The molecule has 0 aromatic heterocycles. The van der Waals surface area contributed by atoms with E-state index < -0.39 is 30.1 Å². The summed E-state index contributed by atoms with van der Waals surface area (Å²) in [5.41, 5.74) is 9.76. The Morgan fingerprint density at radius 3 is 2.18 bits per heavy atom. The van der Waals surface area contributed by atoms with Crippen LogP contribution in [-0.2, 0) is 19.1 Å². The number of hydrogen-bond donors (Lipinski definition) is 4. The first-order chi connectivity index (χ1) is 18.3. The van der Waals surface area contributed by atoms with Gasteiger partial charge in [0, 0.05) is 18.9 Å². The summed E-state index contributed by atoms with van der Waals surface area (Å²) in [7, 11) is 0. The van der Waals surface area contributed by atoms with Gasteiger partial charge < -0.3 is 25.8 Å². The number of rotatable bonds is 10. The molecular formula is C28H35N3O6S. The Kier molecular flexibility index (Phi) is 10.6. The van der Waals surface area contributed by atoms with Gasteiger partial charge in [0.05, 0.1) is 0 Å². The standard InChI is InChI=1S/C20H21NO4.C8H14N2O2S/c1-2-7-18(19(22)23)21-20(24)25-12-17-15-10-5-3-8-13(15)14-9-4-6-11-16(14)17;9-8(12)6(3-5-13)10-4-1-2-7(10)11/h3-6,8-11,17-18H,2,7,12H2,1H3,(H,21,24)(H,22,23);6,13H,1-5H2,(H2,9,12)/t18-;6-/m11/s1. The van der Waals surface area contributed by atoms with Gasteiger partial charge in [-0.2, -0.15) is 12.6 Å². The van der Waals surface area contributed by atoms with E-state index in [1.54, 1.807) is 4.90 Å². The minimum Gasteiger partial charge on any atom is -0.480 e. The van der Waals surface area contributed by atoms with Crippen LogP contribution in [-0.4, -0.2) is 64.9 Å². The quantitative estimate of drug-likeness (QED) is 0.339. The number of fused-ring (bicyclic) bond motifs is 3. The van der Waals surface area contributed by atoms with E-state index in [2.05, 4.69) is 30.1 Å². The van der Waals surface area contributed by atoms with Crippen LogP contribution in [0.4, 0.5) is 4.79 Å². The number of nitrogens with zero attached hydrogens (tertiary/aromatic N) is 1. The summed E-state index contributed by atoms with van der Waals surface area (Å²) in [4.78, 5) is 47.0. The molecule has 38 heavy (non-hydrogen) atoms. The molecule has 4 N–H and O–H groups in total. The number of benzene rings is 2. The molecular weight excluding hydrogens is 506 g/mol. The summed E-state index contributed by atoms with van der Waals surface area (Å²) < 4.78 is 5.35. The fraction of sp³-hybridized carbons (Fsp3) is 0.429. The second-order valence-corrected chi connectivity index (χ2v) is 9.72. The van der Waals surface area contributed by atoms with Gasteiger partial charge in [-0.15, -0.1) is 0 Å². The van der Waals surface area contributed by atoms with Gasteiger partial charge in [-0.25, -0.2) is 9.59 Å². The van der Waals surface area contributed by atoms with E-state index in [-0.39, 0.29) is 18.4 Å². The van der Waals surface area contributed by atoms with Gasteiger partial charge in [0.2, 0.25) is 11.8 Å². The summed E-state index contributed by atoms with van der Waals surface area (Å²) in [5, 5.41) is 11.6. The molecule has 0 unspecified atom stereocenters. The molecule has 1 aliphatic carbocycles. The van der Waals surface area contributed by atoms with Crippen LogP contribution in [0.15, 0.2) is 48.5 Å². The maximum Gasteiger partial charge on any atom is 0.407 e. The zero-order chi connectivity index (χ0) is 27.7. The zero-order valence-corrected chi connectivity index (χ0v) is 22.4. The molecule has 0 spiro atoms. The molecule has 4 rings (SSSR count). The van der Waals surface area contributed by atoms with Crippen molar-refractivity contribution in [2.24, 2.45) is 5.73 Å². The van der Waals surface area contributed by atoms with Crippen molar-refractivity contribution in [3.05, 3.63) is 59.7 Å². The number of primary amides is 1. The predicted octanol–water partition coefficient (Wildman–Crippen LogP) is 3.56. The number of aliphatic carboxylic acids is 1. The Morgan fingerprint density at radius 1 is 1.11 bits per heavy atom. The number of nitrogens with two attached hydrogens (primary N) is 1. The Morgan fingerprint density at radius 2 is 1.71 bits per heavy atom. The number of carbonyl (C=O) groups is 4. The van der Waals surface area contributed by atoms with Crippen LogP contribution in [0.5, 0.6) is 0 Å². The van der Waals surface area contributed by atoms with Crippen molar-refractivity contribution < 1.29 is 29.0 Å². The van der Waals surface area contributed by atoms with E-state index in [9.17, 15) is 19.2 Å². The number of hydrogen-bond acceptors (Lipinski definition) is 6. The molecule has 2 aromatic carbocycles. The molecule has 0 saturated carbocycles. The van der Waals surface area contributed by atoms with E-state index in [0.29, 0.717) is 38.0 Å². The number of amides is 3. The Balaban J connectivity index is 0.000000260. The molecule has 10 heteroatoms. The van der Waals surface area contributed by atoms with Crippen molar-refractivity contribution in [3.8, 4) is 11.1 Å². The van der Waals surface area contributed by atoms with Gasteiger partial charge >= 0.3 is 12.1 Å². The summed E-state index contributed by atoms with van der Waals surface area (Å²) in [6.45, 7) is 2.70. The molecule has 1 saturated heterocycles. The average Bonchev–Trinajstić information content (AvgIpc) is 3.46. The maximum absolute atomic E-state index is 12.0. The number of thiol groups is 1. The molecule has 2 aromatic rings. The number of nitrogens with one attached hydrogen (secondary N) is 1. The number of likely N-dealkylation sites (tertiary alicyclic amines) is 1. The van der Waals surface area contributed by atoms with Gasteiger partial charge in [-0.05, 0) is 47.3 Å². The summed E-state index contributed by atoms with van der Waals surface area (Å²) in [5.74, 6) is -0.907. The van der Waals surface area contributed by atoms with Crippen LogP contribution in [0.3, 0.4) is 0 Å². The normalized spacial score (nSPS) is 15.5. The largest absolute Gasteiger partial charge is 0.480 e. The predicted molar refractivity (Wildman–Crippen MR) is 147 cm³/mol. The average molecular weight is 542 g/mol. The number of carbonyl (C=O) groups excluding carboxylic acids is 3. The molecule has 9 nitrogen and oxygen atoms in total.